The van der Waals surface area contributed by atoms with Crippen LogP contribution >= 0.6 is 23.4 Å². The lowest BCUT2D eigenvalue weighted by Gasteiger charge is -2.15. The van der Waals surface area contributed by atoms with E-state index in [1.54, 1.807) is 30.3 Å². The van der Waals surface area contributed by atoms with E-state index in [2.05, 4.69) is 20.8 Å². The van der Waals surface area contributed by atoms with Crippen LogP contribution in [0.5, 0.6) is 5.75 Å². The van der Waals surface area contributed by atoms with E-state index in [4.69, 9.17) is 16.3 Å². The zero-order valence-electron chi connectivity index (χ0n) is 18.9. The predicted octanol–water partition coefficient (Wildman–Crippen LogP) is 4.49. The summed E-state index contributed by atoms with van der Waals surface area (Å²) in [6.07, 6.45) is 0. The van der Waals surface area contributed by atoms with Crippen molar-refractivity contribution in [3.8, 4) is 5.75 Å². The molecule has 0 fully saturated rings. The molecule has 0 unspecified atom stereocenters. The quantitative estimate of drug-likeness (QED) is 0.431. The number of anilines is 1. The third-order valence-electron chi connectivity index (χ3n) is 4.88. The van der Waals surface area contributed by atoms with E-state index in [0.717, 1.165) is 5.56 Å². The number of aromatic nitrogens is 3. The molecule has 1 aromatic heterocycles. The van der Waals surface area contributed by atoms with Crippen molar-refractivity contribution in [3.05, 3.63) is 64.4 Å². The topological polar surface area (TPSA) is 98.1 Å². The summed E-state index contributed by atoms with van der Waals surface area (Å²) in [5, 5.41) is 15.3. The van der Waals surface area contributed by atoms with Crippen LogP contribution in [0.4, 0.5) is 5.69 Å². The van der Waals surface area contributed by atoms with Crippen molar-refractivity contribution in [1.29, 1.82) is 0 Å². The summed E-state index contributed by atoms with van der Waals surface area (Å²) in [5.74, 6) is 0.857. The standard InChI is InChI=1S/C23H26ClN5O3S/c1-5-29-21(15(3)25-22(31)16-8-6-14(2)7-9-16)27-28-23(29)33-13-20(30)26-18-12-17(24)10-11-19(18)32-4/h6-12,15H,5,13H2,1-4H3,(H,25,31)(H,26,30)/t15-/m0/s1. The van der Waals surface area contributed by atoms with Crippen molar-refractivity contribution < 1.29 is 14.3 Å². The number of halogens is 1. The number of amides is 2. The van der Waals surface area contributed by atoms with Crippen molar-refractivity contribution in [3.63, 3.8) is 0 Å². The van der Waals surface area contributed by atoms with Crippen LogP contribution in [-0.4, -0.2) is 39.4 Å². The molecule has 0 spiro atoms. The van der Waals surface area contributed by atoms with Gasteiger partial charge in [0.25, 0.3) is 5.91 Å². The largest absolute Gasteiger partial charge is 0.495 e. The molecule has 33 heavy (non-hydrogen) atoms. The second-order valence-corrected chi connectivity index (χ2v) is 8.71. The third-order valence-corrected chi connectivity index (χ3v) is 6.08. The number of hydrogen-bond acceptors (Lipinski definition) is 6. The maximum absolute atomic E-state index is 12.6. The normalized spacial score (nSPS) is 11.7. The zero-order valence-corrected chi connectivity index (χ0v) is 20.5. The number of aryl methyl sites for hydroxylation is 1. The van der Waals surface area contributed by atoms with Gasteiger partial charge in [-0.3, -0.25) is 9.59 Å². The van der Waals surface area contributed by atoms with Gasteiger partial charge in [0.15, 0.2) is 11.0 Å². The molecule has 10 heteroatoms. The van der Waals surface area contributed by atoms with Gasteiger partial charge < -0.3 is 19.9 Å². The first kappa shape index (κ1) is 24.6. The number of rotatable bonds is 9. The number of carbonyl (C=O) groups excluding carboxylic acids is 2. The van der Waals surface area contributed by atoms with Gasteiger partial charge in [-0.25, -0.2) is 0 Å². The molecule has 3 aromatic rings. The molecular formula is C23H26ClN5O3S. The minimum absolute atomic E-state index is 0.123. The Kier molecular flexibility index (Phi) is 8.35. The lowest BCUT2D eigenvalue weighted by atomic mass is 10.1. The van der Waals surface area contributed by atoms with E-state index in [-0.39, 0.29) is 23.6 Å². The first-order chi connectivity index (χ1) is 15.8. The van der Waals surface area contributed by atoms with Crippen LogP contribution in [0, 0.1) is 6.92 Å². The number of nitrogens with zero attached hydrogens (tertiary/aromatic N) is 3. The summed E-state index contributed by atoms with van der Waals surface area (Å²) < 4.78 is 7.15. The minimum atomic E-state index is -0.356. The number of benzene rings is 2. The highest BCUT2D eigenvalue weighted by Crippen LogP contribution is 2.28. The minimum Gasteiger partial charge on any atom is -0.495 e. The van der Waals surface area contributed by atoms with Crippen LogP contribution in [0.3, 0.4) is 0 Å². The SMILES string of the molecule is CCn1c(SCC(=O)Nc2cc(Cl)ccc2OC)nnc1[C@H](C)NC(=O)c1ccc(C)cc1. The Bertz CT molecular complexity index is 1130. The first-order valence-electron chi connectivity index (χ1n) is 10.4. The summed E-state index contributed by atoms with van der Waals surface area (Å²) >= 11 is 7.28. The Morgan fingerprint density at radius 3 is 2.58 bits per heavy atom. The summed E-state index contributed by atoms with van der Waals surface area (Å²) in [5.41, 5.74) is 2.17. The van der Waals surface area contributed by atoms with E-state index in [1.165, 1.54) is 18.9 Å². The van der Waals surface area contributed by atoms with Crippen molar-refractivity contribution in [2.45, 2.75) is 38.5 Å². The molecule has 174 valence electrons. The van der Waals surface area contributed by atoms with Gasteiger partial charge in [0.1, 0.15) is 5.75 Å². The van der Waals surface area contributed by atoms with Gasteiger partial charge in [0.2, 0.25) is 5.91 Å². The van der Waals surface area contributed by atoms with E-state index in [0.29, 0.717) is 39.5 Å². The second-order valence-electron chi connectivity index (χ2n) is 7.33. The van der Waals surface area contributed by atoms with Crippen LogP contribution in [0.1, 0.15) is 41.6 Å². The van der Waals surface area contributed by atoms with Gasteiger partial charge in [0.05, 0.1) is 24.6 Å². The number of nitrogens with one attached hydrogen (secondary N) is 2. The summed E-state index contributed by atoms with van der Waals surface area (Å²) in [6, 6.07) is 12.0. The van der Waals surface area contributed by atoms with E-state index >= 15 is 0 Å². The molecule has 1 atom stereocenters. The lowest BCUT2D eigenvalue weighted by Crippen LogP contribution is -2.28. The molecule has 0 saturated heterocycles. The highest BCUT2D eigenvalue weighted by atomic mass is 35.5. The predicted molar refractivity (Wildman–Crippen MR) is 130 cm³/mol. The monoisotopic (exact) mass is 487 g/mol. The van der Waals surface area contributed by atoms with E-state index < -0.39 is 0 Å². The molecule has 0 saturated carbocycles. The number of hydrogen-bond donors (Lipinski definition) is 2. The highest BCUT2D eigenvalue weighted by Gasteiger charge is 2.20. The summed E-state index contributed by atoms with van der Waals surface area (Å²) in [7, 11) is 1.53. The Morgan fingerprint density at radius 2 is 1.91 bits per heavy atom. The molecular weight excluding hydrogens is 462 g/mol. The third kappa shape index (κ3) is 6.27. The molecule has 0 aliphatic carbocycles. The fourth-order valence-electron chi connectivity index (χ4n) is 3.17. The van der Waals surface area contributed by atoms with Crippen LogP contribution in [0.25, 0.3) is 0 Å². The van der Waals surface area contributed by atoms with Crippen molar-refractivity contribution in [2.24, 2.45) is 0 Å². The number of carbonyl (C=O) groups is 2. The zero-order chi connectivity index (χ0) is 24.0. The summed E-state index contributed by atoms with van der Waals surface area (Å²) in [6.45, 7) is 6.38. The summed E-state index contributed by atoms with van der Waals surface area (Å²) in [4.78, 5) is 25.1. The fraction of sp³-hybridized carbons (Fsp3) is 0.304. The second kappa shape index (κ2) is 11.2. The smallest absolute Gasteiger partial charge is 0.251 e. The van der Waals surface area contributed by atoms with Crippen LogP contribution < -0.4 is 15.4 Å². The first-order valence-corrected chi connectivity index (χ1v) is 11.8. The van der Waals surface area contributed by atoms with Gasteiger partial charge in [-0.1, -0.05) is 41.1 Å². The molecule has 2 amide bonds. The van der Waals surface area contributed by atoms with Crippen molar-refractivity contribution in [1.82, 2.24) is 20.1 Å². The van der Waals surface area contributed by atoms with E-state index in [9.17, 15) is 9.59 Å². The van der Waals surface area contributed by atoms with Gasteiger partial charge in [-0.15, -0.1) is 10.2 Å². The van der Waals surface area contributed by atoms with Gasteiger partial charge in [0, 0.05) is 17.1 Å². The molecule has 0 bridgehead atoms. The van der Waals surface area contributed by atoms with Crippen molar-refractivity contribution in [2.75, 3.05) is 18.2 Å². The van der Waals surface area contributed by atoms with Crippen LogP contribution in [0.15, 0.2) is 47.6 Å². The van der Waals surface area contributed by atoms with Gasteiger partial charge in [-0.05, 0) is 51.1 Å². The Morgan fingerprint density at radius 1 is 1.18 bits per heavy atom. The molecule has 0 radical (unpaired) electrons. The molecule has 1 heterocycles. The highest BCUT2D eigenvalue weighted by molar-refractivity contribution is 7.99. The number of methoxy groups -OCH3 is 1. The Balaban J connectivity index is 1.64. The van der Waals surface area contributed by atoms with E-state index in [1.807, 2.05) is 37.5 Å². The molecule has 0 aliphatic heterocycles. The van der Waals surface area contributed by atoms with Gasteiger partial charge >= 0.3 is 0 Å². The molecule has 0 aliphatic rings. The Hall–Kier alpha value is -3.04. The Labute approximate surface area is 202 Å². The van der Waals surface area contributed by atoms with Crippen LogP contribution in [-0.2, 0) is 11.3 Å². The maximum atomic E-state index is 12.6. The fourth-order valence-corrected chi connectivity index (χ4v) is 4.15. The molecule has 8 nitrogen and oxygen atoms in total. The average molecular weight is 488 g/mol. The number of thioether (sulfide) groups is 1. The molecule has 3 rings (SSSR count). The van der Waals surface area contributed by atoms with Crippen LogP contribution in [0.2, 0.25) is 5.02 Å². The molecule has 2 aromatic carbocycles. The average Bonchev–Trinajstić information content (AvgIpc) is 3.21. The van der Waals surface area contributed by atoms with Gasteiger partial charge in [-0.2, -0.15) is 0 Å². The number of ether oxygens (including phenoxy) is 1. The van der Waals surface area contributed by atoms with Crippen molar-refractivity contribution >= 4 is 40.9 Å². The maximum Gasteiger partial charge on any atom is 0.251 e. The molecule has 2 N–H and O–H groups in total. The lowest BCUT2D eigenvalue weighted by molar-refractivity contribution is -0.113.